The average Bonchev–Trinajstić information content (AvgIpc) is 3.30. The van der Waals surface area contributed by atoms with E-state index in [0.29, 0.717) is 13.0 Å². The topological polar surface area (TPSA) is 49.4 Å². The number of nitrogens with zero attached hydrogens (tertiary/aromatic N) is 1. The molecule has 1 aromatic carbocycles. The summed E-state index contributed by atoms with van der Waals surface area (Å²) in [6, 6.07) is 2.33. The highest BCUT2D eigenvalue weighted by molar-refractivity contribution is 5.97. The van der Waals surface area contributed by atoms with Gasteiger partial charge in [0.05, 0.1) is 0 Å². The summed E-state index contributed by atoms with van der Waals surface area (Å²) in [4.78, 5) is 26.3. The smallest absolute Gasteiger partial charge is 0.247 e. The van der Waals surface area contributed by atoms with E-state index in [0.717, 1.165) is 43.9 Å². The van der Waals surface area contributed by atoms with Crippen molar-refractivity contribution in [2.45, 2.75) is 38.1 Å². The van der Waals surface area contributed by atoms with Crippen molar-refractivity contribution < 1.29 is 18.4 Å². The van der Waals surface area contributed by atoms with Crippen LogP contribution in [-0.4, -0.2) is 29.3 Å². The lowest BCUT2D eigenvalue weighted by atomic mass is 10.0. The molecule has 2 fully saturated rings. The molecule has 2 amide bonds. The fourth-order valence-corrected chi connectivity index (χ4v) is 2.88. The molecule has 0 aromatic heterocycles. The zero-order chi connectivity index (χ0) is 15.7. The Kier molecular flexibility index (Phi) is 4.09. The van der Waals surface area contributed by atoms with Gasteiger partial charge >= 0.3 is 0 Å². The van der Waals surface area contributed by atoms with Gasteiger partial charge in [0.15, 0.2) is 0 Å². The predicted molar refractivity (Wildman–Crippen MR) is 77.1 cm³/mol. The average molecular weight is 308 g/mol. The Morgan fingerprint density at radius 2 is 1.73 bits per heavy atom. The van der Waals surface area contributed by atoms with Gasteiger partial charge in [0.1, 0.15) is 17.7 Å². The summed E-state index contributed by atoms with van der Waals surface area (Å²) >= 11 is 0. The fourth-order valence-electron chi connectivity index (χ4n) is 2.88. The lowest BCUT2D eigenvalue weighted by molar-refractivity contribution is -0.141. The number of hydrogen-bond donors (Lipinski definition) is 1. The summed E-state index contributed by atoms with van der Waals surface area (Å²) in [7, 11) is 0. The van der Waals surface area contributed by atoms with Crippen LogP contribution >= 0.6 is 0 Å². The molecule has 1 aliphatic heterocycles. The van der Waals surface area contributed by atoms with Gasteiger partial charge in [0.2, 0.25) is 11.8 Å². The molecule has 1 aromatic rings. The normalized spacial score (nSPS) is 21.5. The first-order chi connectivity index (χ1) is 10.5. The number of carbonyl (C=O) groups excluding carboxylic acids is 2. The highest BCUT2D eigenvalue weighted by Gasteiger charge is 2.39. The van der Waals surface area contributed by atoms with Gasteiger partial charge in [-0.15, -0.1) is 0 Å². The molecule has 1 heterocycles. The molecule has 0 bridgehead atoms. The van der Waals surface area contributed by atoms with Crippen LogP contribution in [0.2, 0.25) is 0 Å². The monoisotopic (exact) mass is 308 g/mol. The molecule has 118 valence electrons. The van der Waals surface area contributed by atoms with Gasteiger partial charge < -0.3 is 10.2 Å². The van der Waals surface area contributed by atoms with Crippen LogP contribution in [0.4, 0.5) is 14.5 Å². The minimum absolute atomic E-state index is 0.0327. The maximum absolute atomic E-state index is 13.2. The van der Waals surface area contributed by atoms with Crippen molar-refractivity contribution in [3.05, 3.63) is 29.8 Å². The van der Waals surface area contributed by atoms with E-state index in [1.165, 1.54) is 0 Å². The van der Waals surface area contributed by atoms with Crippen molar-refractivity contribution in [1.29, 1.82) is 0 Å². The quantitative estimate of drug-likeness (QED) is 0.933. The van der Waals surface area contributed by atoms with E-state index in [-0.39, 0.29) is 23.4 Å². The third kappa shape index (κ3) is 3.26. The molecule has 2 aliphatic rings. The summed E-state index contributed by atoms with van der Waals surface area (Å²) in [5, 5.41) is 2.52. The van der Waals surface area contributed by atoms with Crippen LogP contribution in [0.25, 0.3) is 0 Å². The first-order valence-electron chi connectivity index (χ1n) is 7.62. The third-order valence-corrected chi connectivity index (χ3v) is 4.15. The van der Waals surface area contributed by atoms with Gasteiger partial charge in [-0.05, 0) is 44.2 Å². The molecule has 6 heteroatoms. The van der Waals surface area contributed by atoms with Gasteiger partial charge in [-0.1, -0.05) is 0 Å². The highest BCUT2D eigenvalue weighted by atomic mass is 19.1. The second-order valence-electron chi connectivity index (χ2n) is 5.96. The Labute approximate surface area is 127 Å². The van der Waals surface area contributed by atoms with E-state index in [1.807, 2.05) is 0 Å². The Hall–Kier alpha value is -1.98. The fraction of sp³-hybridized carbons (Fsp3) is 0.500. The molecule has 1 N–H and O–H groups in total. The number of carbonyl (C=O) groups is 2. The lowest BCUT2D eigenvalue weighted by Gasteiger charge is -2.34. The largest absolute Gasteiger partial charge is 0.330 e. The molecule has 3 rings (SSSR count). The van der Waals surface area contributed by atoms with Crippen LogP contribution in [0.3, 0.4) is 0 Å². The van der Waals surface area contributed by atoms with Gasteiger partial charge in [-0.25, -0.2) is 8.78 Å². The molecular weight excluding hydrogens is 290 g/mol. The van der Waals surface area contributed by atoms with E-state index in [9.17, 15) is 18.4 Å². The molecule has 1 atom stereocenters. The Balaban J connectivity index is 1.72. The summed E-state index contributed by atoms with van der Waals surface area (Å²) < 4.78 is 26.4. The van der Waals surface area contributed by atoms with E-state index in [1.54, 1.807) is 4.90 Å². The number of benzene rings is 1. The number of amides is 2. The molecule has 1 aliphatic carbocycles. The van der Waals surface area contributed by atoms with Crippen molar-refractivity contribution in [3.8, 4) is 0 Å². The molecule has 0 radical (unpaired) electrons. The summed E-state index contributed by atoms with van der Waals surface area (Å²) in [6.45, 7) is 0.574. The van der Waals surface area contributed by atoms with Gasteiger partial charge in [0, 0.05) is 24.2 Å². The van der Waals surface area contributed by atoms with Crippen LogP contribution < -0.4 is 5.32 Å². The highest BCUT2D eigenvalue weighted by Crippen LogP contribution is 2.33. The standard InChI is InChI=1S/C16H18F2N2O2/c17-11-7-12(18)9-13(8-11)19-15(21)14-3-1-2-6-20(14)16(22)10-4-5-10/h7-10,14H,1-6H2,(H,19,21)/t14-/m0/s1. The second-order valence-corrected chi connectivity index (χ2v) is 5.96. The zero-order valence-corrected chi connectivity index (χ0v) is 12.1. The van der Waals surface area contributed by atoms with Crippen molar-refractivity contribution in [3.63, 3.8) is 0 Å². The predicted octanol–water partition coefficient (Wildman–Crippen LogP) is 2.69. The second kappa shape index (κ2) is 6.02. The first-order valence-corrected chi connectivity index (χ1v) is 7.62. The van der Waals surface area contributed by atoms with E-state index < -0.39 is 17.7 Å². The van der Waals surface area contributed by atoms with Gasteiger partial charge in [-0.2, -0.15) is 0 Å². The molecule has 1 saturated heterocycles. The number of likely N-dealkylation sites (tertiary alicyclic amines) is 1. The van der Waals surface area contributed by atoms with Crippen molar-refractivity contribution in [2.75, 3.05) is 11.9 Å². The van der Waals surface area contributed by atoms with Gasteiger partial charge in [-0.3, -0.25) is 9.59 Å². The summed E-state index contributed by atoms with van der Waals surface area (Å²) in [5.74, 6) is -1.78. The van der Waals surface area contributed by atoms with Crippen LogP contribution in [-0.2, 0) is 9.59 Å². The van der Waals surface area contributed by atoms with Crippen molar-refractivity contribution in [1.82, 2.24) is 4.90 Å². The molecule has 22 heavy (non-hydrogen) atoms. The maximum Gasteiger partial charge on any atom is 0.247 e. The number of rotatable bonds is 3. The van der Waals surface area contributed by atoms with E-state index in [4.69, 9.17) is 0 Å². The number of nitrogens with one attached hydrogen (secondary N) is 1. The van der Waals surface area contributed by atoms with E-state index >= 15 is 0 Å². The van der Waals surface area contributed by atoms with Gasteiger partial charge in [0.25, 0.3) is 0 Å². The molecule has 4 nitrogen and oxygen atoms in total. The van der Waals surface area contributed by atoms with E-state index in [2.05, 4.69) is 5.32 Å². The maximum atomic E-state index is 13.2. The van der Waals surface area contributed by atoms with Crippen LogP contribution in [0.1, 0.15) is 32.1 Å². The number of anilines is 1. The number of hydrogen-bond acceptors (Lipinski definition) is 2. The molecular formula is C16H18F2N2O2. The van der Waals surface area contributed by atoms with Crippen LogP contribution in [0.5, 0.6) is 0 Å². The zero-order valence-electron chi connectivity index (χ0n) is 12.1. The molecule has 0 spiro atoms. The number of piperidine rings is 1. The number of halogens is 2. The summed E-state index contributed by atoms with van der Waals surface area (Å²) in [5.41, 5.74) is 0.0758. The minimum atomic E-state index is -0.746. The Bertz CT molecular complexity index is 582. The molecule has 1 saturated carbocycles. The third-order valence-electron chi connectivity index (χ3n) is 4.15. The first kappa shape index (κ1) is 14.9. The Morgan fingerprint density at radius 3 is 2.36 bits per heavy atom. The minimum Gasteiger partial charge on any atom is -0.330 e. The van der Waals surface area contributed by atoms with Crippen LogP contribution in [0, 0.1) is 17.6 Å². The molecule has 0 unspecified atom stereocenters. The van der Waals surface area contributed by atoms with Crippen molar-refractivity contribution >= 4 is 17.5 Å². The summed E-state index contributed by atoms with van der Waals surface area (Å²) in [6.07, 6.45) is 4.11. The van der Waals surface area contributed by atoms with Crippen molar-refractivity contribution in [2.24, 2.45) is 5.92 Å². The SMILES string of the molecule is O=C(Nc1cc(F)cc(F)c1)[C@@H]1CCCCN1C(=O)C1CC1. The lowest BCUT2D eigenvalue weighted by Crippen LogP contribution is -2.50. The van der Waals surface area contributed by atoms with Crippen LogP contribution in [0.15, 0.2) is 18.2 Å². The Morgan fingerprint density at radius 1 is 1.05 bits per heavy atom.